The molecule has 2 amide bonds. The molecule has 0 fully saturated rings. The molecule has 0 aromatic rings. The minimum absolute atomic E-state index is 0.659. The Hall–Kier alpha value is -1.58. The van der Waals surface area contributed by atoms with Gasteiger partial charge in [0.25, 0.3) is 0 Å². The van der Waals surface area contributed by atoms with Crippen LogP contribution in [0.5, 0.6) is 0 Å². The predicted octanol–water partition coefficient (Wildman–Crippen LogP) is 1.16. The van der Waals surface area contributed by atoms with Crippen molar-refractivity contribution in [3.05, 3.63) is 24.3 Å². The Morgan fingerprint density at radius 3 is 2.67 bits per heavy atom. The molecular formula is C8H13N3O. The third-order valence-electron chi connectivity index (χ3n) is 0.983. The van der Waals surface area contributed by atoms with Crippen LogP contribution in [0.15, 0.2) is 29.4 Å². The van der Waals surface area contributed by atoms with Gasteiger partial charge < -0.3 is 5.73 Å². The van der Waals surface area contributed by atoms with E-state index in [9.17, 15) is 4.79 Å². The summed E-state index contributed by atoms with van der Waals surface area (Å²) < 4.78 is 0. The average Bonchev–Trinajstić information content (AvgIpc) is 2.01. The number of allylic oxidation sites excluding steroid dienone is 4. The van der Waals surface area contributed by atoms with Crippen LogP contribution in [0.4, 0.5) is 4.79 Å². The fourth-order valence-electron chi connectivity index (χ4n) is 0.486. The number of carbonyl (C=O) groups excluding carboxylic acids is 1. The molecule has 0 heterocycles. The van der Waals surface area contributed by atoms with E-state index < -0.39 is 6.03 Å². The fourth-order valence-corrected chi connectivity index (χ4v) is 0.486. The standard InChI is InChI=1S/C8H13N3O/c1-3-4-5-6-7(2)10-11-8(9)12/h3-6H,1-2H3,(H3,9,11,12). The second kappa shape index (κ2) is 6.15. The van der Waals surface area contributed by atoms with Gasteiger partial charge in [0, 0.05) is 0 Å². The van der Waals surface area contributed by atoms with Crippen molar-refractivity contribution in [3.8, 4) is 0 Å². The van der Waals surface area contributed by atoms with E-state index in [-0.39, 0.29) is 0 Å². The van der Waals surface area contributed by atoms with E-state index in [4.69, 9.17) is 5.73 Å². The number of nitrogens with one attached hydrogen (secondary N) is 1. The molecule has 0 atom stereocenters. The van der Waals surface area contributed by atoms with E-state index in [0.29, 0.717) is 5.71 Å². The molecule has 3 N–H and O–H groups in total. The molecule has 4 heteroatoms. The summed E-state index contributed by atoms with van der Waals surface area (Å²) in [4.78, 5) is 10.2. The Morgan fingerprint density at radius 2 is 2.17 bits per heavy atom. The first-order chi connectivity index (χ1) is 5.66. The maximum atomic E-state index is 10.2. The molecule has 0 aliphatic rings. The Morgan fingerprint density at radius 1 is 1.50 bits per heavy atom. The summed E-state index contributed by atoms with van der Waals surface area (Å²) in [7, 11) is 0. The fraction of sp³-hybridized carbons (Fsp3) is 0.250. The van der Waals surface area contributed by atoms with E-state index in [1.54, 1.807) is 13.0 Å². The Labute approximate surface area is 71.8 Å². The highest BCUT2D eigenvalue weighted by Crippen LogP contribution is 1.80. The van der Waals surface area contributed by atoms with Crippen molar-refractivity contribution < 1.29 is 4.79 Å². The first kappa shape index (κ1) is 10.4. The van der Waals surface area contributed by atoms with Crippen molar-refractivity contribution >= 4 is 11.7 Å². The molecule has 0 bridgehead atoms. The summed E-state index contributed by atoms with van der Waals surface area (Å²) in [5.41, 5.74) is 7.61. The van der Waals surface area contributed by atoms with E-state index in [0.717, 1.165) is 0 Å². The molecule has 0 spiro atoms. The van der Waals surface area contributed by atoms with Gasteiger partial charge in [-0.2, -0.15) is 5.10 Å². The molecular weight excluding hydrogens is 154 g/mol. The number of urea groups is 1. The predicted molar refractivity (Wildman–Crippen MR) is 49.8 cm³/mol. The van der Waals surface area contributed by atoms with Crippen LogP contribution in [-0.4, -0.2) is 11.7 Å². The van der Waals surface area contributed by atoms with Crippen LogP contribution < -0.4 is 11.2 Å². The van der Waals surface area contributed by atoms with Gasteiger partial charge in [-0.3, -0.25) is 0 Å². The molecule has 66 valence electrons. The number of primary amides is 1. The summed E-state index contributed by atoms with van der Waals surface area (Å²) in [6, 6.07) is -0.659. The van der Waals surface area contributed by atoms with E-state index >= 15 is 0 Å². The van der Waals surface area contributed by atoms with E-state index in [1.165, 1.54) is 0 Å². The van der Waals surface area contributed by atoms with Crippen LogP contribution in [0.3, 0.4) is 0 Å². The van der Waals surface area contributed by atoms with Gasteiger partial charge in [-0.1, -0.05) is 18.2 Å². The van der Waals surface area contributed by atoms with Crippen molar-refractivity contribution in [3.63, 3.8) is 0 Å². The molecule has 0 aliphatic heterocycles. The van der Waals surface area contributed by atoms with Crippen LogP contribution in [-0.2, 0) is 0 Å². The monoisotopic (exact) mass is 167 g/mol. The number of amides is 2. The van der Waals surface area contributed by atoms with Crippen molar-refractivity contribution in [2.24, 2.45) is 10.8 Å². The maximum Gasteiger partial charge on any atom is 0.332 e. The first-order valence-corrected chi connectivity index (χ1v) is 3.56. The zero-order valence-electron chi connectivity index (χ0n) is 7.24. The zero-order valence-corrected chi connectivity index (χ0v) is 7.24. The average molecular weight is 167 g/mol. The van der Waals surface area contributed by atoms with Gasteiger partial charge >= 0.3 is 6.03 Å². The summed E-state index contributed by atoms with van der Waals surface area (Å²) in [6.45, 7) is 3.68. The topological polar surface area (TPSA) is 67.5 Å². The Bertz CT molecular complexity index is 228. The molecule has 12 heavy (non-hydrogen) atoms. The zero-order chi connectivity index (χ0) is 9.40. The van der Waals surface area contributed by atoms with E-state index in [2.05, 4.69) is 10.5 Å². The van der Waals surface area contributed by atoms with Crippen LogP contribution in [0, 0.1) is 0 Å². The van der Waals surface area contributed by atoms with Crippen molar-refractivity contribution in [2.45, 2.75) is 13.8 Å². The number of nitrogens with zero attached hydrogens (tertiary/aromatic N) is 1. The van der Waals surface area contributed by atoms with Gasteiger partial charge in [0.1, 0.15) is 0 Å². The molecule has 4 nitrogen and oxygen atoms in total. The lowest BCUT2D eigenvalue weighted by atomic mass is 10.3. The maximum absolute atomic E-state index is 10.2. The Kier molecular flexibility index (Phi) is 5.34. The van der Waals surface area contributed by atoms with Crippen molar-refractivity contribution in [1.29, 1.82) is 0 Å². The van der Waals surface area contributed by atoms with Crippen LogP contribution in [0.1, 0.15) is 13.8 Å². The number of hydrogen-bond donors (Lipinski definition) is 2. The number of nitrogens with two attached hydrogens (primary N) is 1. The van der Waals surface area contributed by atoms with Crippen LogP contribution in [0.25, 0.3) is 0 Å². The Balaban J connectivity index is 3.93. The lowest BCUT2D eigenvalue weighted by molar-refractivity contribution is 0.249. The highest BCUT2D eigenvalue weighted by Gasteiger charge is 1.85. The van der Waals surface area contributed by atoms with Gasteiger partial charge in [-0.25, -0.2) is 10.2 Å². The highest BCUT2D eigenvalue weighted by molar-refractivity contribution is 5.93. The van der Waals surface area contributed by atoms with Crippen molar-refractivity contribution in [1.82, 2.24) is 5.43 Å². The third kappa shape index (κ3) is 6.54. The quantitative estimate of drug-likeness (QED) is 0.369. The minimum atomic E-state index is -0.659. The molecule has 0 radical (unpaired) electrons. The van der Waals surface area contributed by atoms with Gasteiger partial charge in [-0.05, 0) is 19.9 Å². The van der Waals surface area contributed by atoms with Gasteiger partial charge in [-0.15, -0.1) is 0 Å². The molecule has 0 unspecified atom stereocenters. The second-order valence-electron chi connectivity index (χ2n) is 2.11. The highest BCUT2D eigenvalue weighted by atomic mass is 16.2. The number of carbonyl (C=O) groups is 1. The van der Waals surface area contributed by atoms with Crippen LogP contribution in [0.2, 0.25) is 0 Å². The minimum Gasteiger partial charge on any atom is -0.350 e. The molecule has 0 saturated heterocycles. The lowest BCUT2D eigenvalue weighted by Gasteiger charge is -1.92. The first-order valence-electron chi connectivity index (χ1n) is 3.56. The number of rotatable bonds is 3. The van der Waals surface area contributed by atoms with E-state index in [1.807, 2.05) is 25.2 Å². The second-order valence-corrected chi connectivity index (χ2v) is 2.11. The third-order valence-corrected chi connectivity index (χ3v) is 0.983. The smallest absolute Gasteiger partial charge is 0.332 e. The summed E-state index contributed by atoms with van der Waals surface area (Å²) in [5, 5.41) is 3.67. The summed E-state index contributed by atoms with van der Waals surface area (Å²) in [5.74, 6) is 0. The van der Waals surface area contributed by atoms with Crippen molar-refractivity contribution in [2.75, 3.05) is 0 Å². The molecule has 0 saturated carbocycles. The number of hydrazone groups is 1. The molecule has 0 aromatic heterocycles. The van der Waals surface area contributed by atoms with Gasteiger partial charge in [0.05, 0.1) is 5.71 Å². The molecule has 0 rings (SSSR count). The summed E-state index contributed by atoms with van der Waals surface area (Å²) >= 11 is 0. The molecule has 0 aromatic carbocycles. The van der Waals surface area contributed by atoms with Gasteiger partial charge in [0.15, 0.2) is 0 Å². The molecule has 0 aliphatic carbocycles. The van der Waals surface area contributed by atoms with Crippen LogP contribution >= 0.6 is 0 Å². The summed E-state index contributed by atoms with van der Waals surface area (Å²) in [6.07, 6.45) is 7.34. The normalized spacial score (nSPS) is 12.7. The lowest BCUT2D eigenvalue weighted by Crippen LogP contribution is -2.25. The SMILES string of the molecule is CC=CC=CC(C)=NNC(N)=O. The van der Waals surface area contributed by atoms with Gasteiger partial charge in [0.2, 0.25) is 0 Å². The largest absolute Gasteiger partial charge is 0.350 e. The number of hydrogen-bond acceptors (Lipinski definition) is 2.